The van der Waals surface area contributed by atoms with Crippen molar-refractivity contribution in [2.24, 2.45) is 5.73 Å². The second kappa shape index (κ2) is 5.47. The van der Waals surface area contributed by atoms with Gasteiger partial charge in [0.2, 0.25) is 0 Å². The summed E-state index contributed by atoms with van der Waals surface area (Å²) in [6.07, 6.45) is 4.38. The highest BCUT2D eigenvalue weighted by Gasteiger charge is 2.25. The average Bonchev–Trinajstić information content (AvgIpc) is 2.76. The molecular weight excluding hydrogens is 212 g/mol. The molecular formula is C13H22N4. The van der Waals surface area contributed by atoms with Crippen molar-refractivity contribution in [3.63, 3.8) is 0 Å². The maximum absolute atomic E-state index is 5.68. The van der Waals surface area contributed by atoms with Crippen LogP contribution in [0.25, 0.3) is 0 Å². The Kier molecular flexibility index (Phi) is 3.97. The Bertz CT molecular complexity index is 364. The third-order valence-corrected chi connectivity index (χ3v) is 3.29. The van der Waals surface area contributed by atoms with E-state index in [-0.39, 0.29) is 0 Å². The Morgan fingerprint density at radius 3 is 3.06 bits per heavy atom. The quantitative estimate of drug-likeness (QED) is 0.846. The van der Waals surface area contributed by atoms with Crippen LogP contribution in [-0.4, -0.2) is 43.1 Å². The summed E-state index contributed by atoms with van der Waals surface area (Å²) in [5.41, 5.74) is 6.84. The number of nitrogens with two attached hydrogens (primary N) is 1. The zero-order valence-corrected chi connectivity index (χ0v) is 10.8. The zero-order chi connectivity index (χ0) is 12.3. The lowest BCUT2D eigenvalue weighted by molar-refractivity contribution is 0.371. The van der Waals surface area contributed by atoms with Crippen molar-refractivity contribution >= 4 is 5.82 Å². The average molecular weight is 234 g/mol. The van der Waals surface area contributed by atoms with Gasteiger partial charge in [0, 0.05) is 31.9 Å². The molecule has 0 amide bonds. The molecule has 1 atom stereocenters. The van der Waals surface area contributed by atoms with Crippen molar-refractivity contribution in [2.45, 2.75) is 25.4 Å². The third kappa shape index (κ3) is 2.96. The highest BCUT2D eigenvalue weighted by Crippen LogP contribution is 2.24. The van der Waals surface area contributed by atoms with Gasteiger partial charge in [-0.2, -0.15) is 0 Å². The molecule has 0 bridgehead atoms. The number of aromatic nitrogens is 1. The third-order valence-electron chi connectivity index (χ3n) is 3.29. The molecule has 4 nitrogen and oxygen atoms in total. The Labute approximate surface area is 103 Å². The molecule has 4 heteroatoms. The lowest BCUT2D eigenvalue weighted by Gasteiger charge is -2.28. The first kappa shape index (κ1) is 12.3. The number of hydrogen-bond donors (Lipinski definition) is 1. The number of rotatable bonds is 4. The van der Waals surface area contributed by atoms with E-state index in [2.05, 4.69) is 34.9 Å². The molecule has 1 aliphatic heterocycles. The smallest absolute Gasteiger partial charge is 0.129 e. The van der Waals surface area contributed by atoms with Gasteiger partial charge in [0.1, 0.15) is 5.82 Å². The van der Waals surface area contributed by atoms with Crippen LogP contribution < -0.4 is 10.6 Å². The van der Waals surface area contributed by atoms with Crippen molar-refractivity contribution < 1.29 is 0 Å². The Morgan fingerprint density at radius 1 is 1.53 bits per heavy atom. The molecule has 94 valence electrons. The van der Waals surface area contributed by atoms with Gasteiger partial charge in [0.05, 0.1) is 0 Å². The monoisotopic (exact) mass is 234 g/mol. The Balaban J connectivity index is 2.14. The molecule has 1 unspecified atom stereocenters. The maximum atomic E-state index is 5.68. The Morgan fingerprint density at radius 2 is 2.35 bits per heavy atom. The minimum atomic E-state index is 0.585. The second-order valence-electron chi connectivity index (χ2n) is 4.98. The molecule has 0 aliphatic carbocycles. The summed E-state index contributed by atoms with van der Waals surface area (Å²) in [6.45, 7) is 2.79. The molecule has 2 rings (SSSR count). The van der Waals surface area contributed by atoms with Crippen LogP contribution in [0, 0.1) is 0 Å². The van der Waals surface area contributed by atoms with Crippen LogP contribution in [0.5, 0.6) is 0 Å². The number of hydrogen-bond acceptors (Lipinski definition) is 4. The summed E-state index contributed by atoms with van der Waals surface area (Å²) in [5.74, 6) is 1.08. The van der Waals surface area contributed by atoms with E-state index in [1.807, 2.05) is 12.3 Å². The fourth-order valence-corrected chi connectivity index (χ4v) is 2.49. The molecule has 0 aromatic carbocycles. The van der Waals surface area contributed by atoms with Crippen LogP contribution in [-0.2, 0) is 6.54 Å². The van der Waals surface area contributed by atoms with Crippen molar-refractivity contribution in [1.29, 1.82) is 0 Å². The molecule has 1 fully saturated rings. The van der Waals surface area contributed by atoms with E-state index in [0.717, 1.165) is 24.5 Å². The van der Waals surface area contributed by atoms with Crippen molar-refractivity contribution in [2.75, 3.05) is 32.1 Å². The zero-order valence-electron chi connectivity index (χ0n) is 10.8. The van der Waals surface area contributed by atoms with Gasteiger partial charge in [-0.05, 0) is 44.6 Å². The van der Waals surface area contributed by atoms with E-state index in [1.54, 1.807) is 0 Å². The Hall–Kier alpha value is -1.13. The minimum absolute atomic E-state index is 0.585. The van der Waals surface area contributed by atoms with Gasteiger partial charge >= 0.3 is 0 Å². The fraction of sp³-hybridized carbons (Fsp3) is 0.615. The van der Waals surface area contributed by atoms with Crippen LogP contribution in [0.15, 0.2) is 18.3 Å². The lowest BCUT2D eigenvalue weighted by atomic mass is 10.2. The van der Waals surface area contributed by atoms with Gasteiger partial charge < -0.3 is 15.5 Å². The second-order valence-corrected chi connectivity index (χ2v) is 4.98. The summed E-state index contributed by atoms with van der Waals surface area (Å²) in [6, 6.07) is 4.69. The van der Waals surface area contributed by atoms with E-state index in [0.29, 0.717) is 12.6 Å². The topological polar surface area (TPSA) is 45.4 Å². The minimum Gasteiger partial charge on any atom is -0.352 e. The molecule has 0 saturated carbocycles. The lowest BCUT2D eigenvalue weighted by Crippen LogP contribution is -2.38. The van der Waals surface area contributed by atoms with Crippen LogP contribution in [0.1, 0.15) is 18.4 Å². The maximum Gasteiger partial charge on any atom is 0.129 e. The van der Waals surface area contributed by atoms with E-state index in [4.69, 9.17) is 5.73 Å². The van der Waals surface area contributed by atoms with Gasteiger partial charge in [0.25, 0.3) is 0 Å². The number of pyridine rings is 1. The van der Waals surface area contributed by atoms with Gasteiger partial charge in [0.15, 0.2) is 0 Å². The van der Waals surface area contributed by atoms with E-state index in [1.165, 1.54) is 12.8 Å². The fourth-order valence-electron chi connectivity index (χ4n) is 2.49. The predicted octanol–water partition coefficient (Wildman–Crippen LogP) is 1.07. The summed E-state index contributed by atoms with van der Waals surface area (Å²) < 4.78 is 0. The number of nitrogens with zero attached hydrogens (tertiary/aromatic N) is 3. The van der Waals surface area contributed by atoms with Gasteiger partial charge in [-0.15, -0.1) is 0 Å². The largest absolute Gasteiger partial charge is 0.352 e. The van der Waals surface area contributed by atoms with Crippen LogP contribution in [0.4, 0.5) is 5.82 Å². The van der Waals surface area contributed by atoms with E-state index < -0.39 is 0 Å². The van der Waals surface area contributed by atoms with Gasteiger partial charge in [-0.1, -0.05) is 0 Å². The highest BCUT2D eigenvalue weighted by molar-refractivity contribution is 5.43. The summed E-state index contributed by atoms with van der Waals surface area (Å²) in [5, 5.41) is 0. The summed E-state index contributed by atoms with van der Waals surface area (Å²) >= 11 is 0. The first-order valence-corrected chi connectivity index (χ1v) is 6.27. The molecule has 0 spiro atoms. The normalized spacial score (nSPS) is 20.2. The number of anilines is 1. The van der Waals surface area contributed by atoms with Gasteiger partial charge in [-0.3, -0.25) is 0 Å². The van der Waals surface area contributed by atoms with Gasteiger partial charge in [-0.25, -0.2) is 4.98 Å². The van der Waals surface area contributed by atoms with Crippen molar-refractivity contribution in [1.82, 2.24) is 9.88 Å². The standard InChI is InChI=1S/C13H22N4/c1-16(2)10-12-4-3-7-17(12)13-8-11(9-14)5-6-15-13/h5-6,8,12H,3-4,7,9-10,14H2,1-2H3. The molecule has 2 heterocycles. The van der Waals surface area contributed by atoms with Crippen LogP contribution in [0.3, 0.4) is 0 Å². The molecule has 17 heavy (non-hydrogen) atoms. The highest BCUT2D eigenvalue weighted by atomic mass is 15.3. The van der Waals surface area contributed by atoms with Crippen molar-refractivity contribution in [3.8, 4) is 0 Å². The first-order valence-electron chi connectivity index (χ1n) is 6.27. The molecule has 0 radical (unpaired) electrons. The SMILES string of the molecule is CN(C)CC1CCCN1c1cc(CN)ccn1. The predicted molar refractivity (Wildman–Crippen MR) is 71.1 cm³/mol. The first-order chi connectivity index (χ1) is 8.20. The summed E-state index contributed by atoms with van der Waals surface area (Å²) in [4.78, 5) is 9.14. The van der Waals surface area contributed by atoms with E-state index >= 15 is 0 Å². The molecule has 1 aromatic heterocycles. The molecule has 1 aromatic rings. The van der Waals surface area contributed by atoms with Crippen LogP contribution in [0.2, 0.25) is 0 Å². The molecule has 1 aliphatic rings. The van der Waals surface area contributed by atoms with E-state index in [9.17, 15) is 0 Å². The number of likely N-dealkylation sites (N-methyl/N-ethyl adjacent to an activating group) is 1. The van der Waals surface area contributed by atoms with Crippen molar-refractivity contribution in [3.05, 3.63) is 23.9 Å². The molecule has 1 saturated heterocycles. The molecule has 2 N–H and O–H groups in total. The summed E-state index contributed by atoms with van der Waals surface area (Å²) in [7, 11) is 4.25. The van der Waals surface area contributed by atoms with Crippen LogP contribution >= 0.6 is 0 Å².